The van der Waals surface area contributed by atoms with Gasteiger partial charge in [-0.3, -0.25) is 4.98 Å². The Bertz CT molecular complexity index is 1110. The van der Waals surface area contributed by atoms with Crippen LogP contribution in [0.2, 0.25) is 0 Å². The molecule has 0 bridgehead atoms. The number of benzene rings is 1. The molecule has 156 valence electrons. The molecule has 0 amide bonds. The topological polar surface area (TPSA) is 60.8 Å². The maximum absolute atomic E-state index is 5.16. The first kappa shape index (κ1) is 20.5. The molecule has 5 heteroatoms. The Morgan fingerprint density at radius 3 is 2.07 bits per heavy atom. The summed E-state index contributed by atoms with van der Waals surface area (Å²) in [6.45, 7) is 16.0. The number of rotatable bonds is 3. The van der Waals surface area contributed by atoms with E-state index in [9.17, 15) is 0 Å². The summed E-state index contributed by atoms with van der Waals surface area (Å²) in [7, 11) is 1.55. The number of pyridine rings is 1. The molecule has 3 aromatic rings. The minimum Gasteiger partial charge on any atom is -0.467 e. The minimum absolute atomic E-state index is 0.0702. The molecule has 0 N–H and O–H groups in total. The molecule has 0 saturated carbocycles. The van der Waals surface area contributed by atoms with Crippen LogP contribution in [-0.4, -0.2) is 27.0 Å². The predicted octanol–water partition coefficient (Wildman–Crippen LogP) is 5.51. The molecule has 4 rings (SSSR count). The van der Waals surface area contributed by atoms with Crippen molar-refractivity contribution in [2.24, 2.45) is 5.41 Å². The Kier molecular flexibility index (Phi) is 4.49. The fourth-order valence-corrected chi connectivity index (χ4v) is 4.59. The van der Waals surface area contributed by atoms with Gasteiger partial charge in [-0.2, -0.15) is 9.97 Å². The van der Waals surface area contributed by atoms with Crippen LogP contribution in [0.5, 0.6) is 6.01 Å². The smallest absolute Gasteiger partial charge is 0.319 e. The van der Waals surface area contributed by atoms with Crippen LogP contribution in [0, 0.1) is 12.3 Å². The number of aromatic nitrogens is 4. The van der Waals surface area contributed by atoms with Crippen molar-refractivity contribution < 1.29 is 4.74 Å². The maximum Gasteiger partial charge on any atom is 0.319 e. The molecule has 0 radical (unpaired) electrons. The highest BCUT2D eigenvalue weighted by molar-refractivity contribution is 5.66. The first-order valence-electron chi connectivity index (χ1n) is 10.4. The Morgan fingerprint density at radius 1 is 0.767 bits per heavy atom. The number of ether oxygens (including phenoxy) is 1. The summed E-state index contributed by atoms with van der Waals surface area (Å²) in [6, 6.07) is 11.1. The van der Waals surface area contributed by atoms with Crippen LogP contribution in [0.25, 0.3) is 22.6 Å². The van der Waals surface area contributed by atoms with Crippen LogP contribution in [0.15, 0.2) is 36.5 Å². The van der Waals surface area contributed by atoms with Crippen molar-refractivity contribution in [2.75, 3.05) is 7.11 Å². The van der Waals surface area contributed by atoms with E-state index >= 15 is 0 Å². The molecule has 0 unspecified atom stereocenters. The molecule has 0 spiro atoms. The van der Waals surface area contributed by atoms with Gasteiger partial charge in [-0.15, -0.1) is 0 Å². The zero-order chi connectivity index (χ0) is 21.9. The summed E-state index contributed by atoms with van der Waals surface area (Å²) in [4.78, 5) is 17.6. The van der Waals surface area contributed by atoms with Gasteiger partial charge in [0, 0.05) is 17.3 Å². The summed E-state index contributed by atoms with van der Waals surface area (Å²) < 4.78 is 5.16. The van der Waals surface area contributed by atoms with Gasteiger partial charge >= 0.3 is 6.01 Å². The van der Waals surface area contributed by atoms with Crippen LogP contribution in [-0.2, 0) is 10.8 Å². The molecular formula is C25H30N4O. The lowest BCUT2D eigenvalue weighted by Gasteiger charge is -2.44. The standard InChI is InChI=1S/C25H30N4O/c1-15-27-21(29-22(28-15)30-8)17-10-12-20(26-14-17)16-9-11-18-19(13-16)24(4,5)25(6,7)23(18,2)3/h9-14H,1-8H3. The van der Waals surface area contributed by atoms with Crippen molar-refractivity contribution in [3.63, 3.8) is 0 Å². The van der Waals surface area contributed by atoms with Crippen molar-refractivity contribution in [1.82, 2.24) is 19.9 Å². The van der Waals surface area contributed by atoms with Gasteiger partial charge < -0.3 is 4.74 Å². The van der Waals surface area contributed by atoms with E-state index in [2.05, 4.69) is 74.7 Å². The normalized spacial score (nSPS) is 18.1. The minimum atomic E-state index is 0.0702. The summed E-state index contributed by atoms with van der Waals surface area (Å²) in [5, 5.41) is 0. The van der Waals surface area contributed by atoms with Crippen LogP contribution in [0.4, 0.5) is 0 Å². The molecule has 0 atom stereocenters. The molecule has 5 nitrogen and oxygen atoms in total. The van der Waals surface area contributed by atoms with E-state index in [1.165, 1.54) is 11.1 Å². The van der Waals surface area contributed by atoms with E-state index in [1.807, 2.05) is 25.3 Å². The summed E-state index contributed by atoms with van der Waals surface area (Å²) in [5.74, 6) is 1.18. The zero-order valence-corrected chi connectivity index (χ0v) is 19.2. The molecule has 1 aliphatic rings. The molecule has 1 aromatic carbocycles. The summed E-state index contributed by atoms with van der Waals surface area (Å²) in [5.41, 5.74) is 6.09. The van der Waals surface area contributed by atoms with Crippen LogP contribution in [0.1, 0.15) is 58.5 Å². The van der Waals surface area contributed by atoms with E-state index in [-0.39, 0.29) is 16.2 Å². The molecule has 2 heterocycles. The highest BCUT2D eigenvalue weighted by Crippen LogP contribution is 2.61. The van der Waals surface area contributed by atoms with Crippen LogP contribution in [0.3, 0.4) is 0 Å². The number of fused-ring (bicyclic) bond motifs is 1. The molecular weight excluding hydrogens is 372 g/mol. The maximum atomic E-state index is 5.16. The van der Waals surface area contributed by atoms with Crippen LogP contribution < -0.4 is 4.74 Å². The Balaban J connectivity index is 1.73. The SMILES string of the molecule is COc1nc(C)nc(-c2ccc(-c3ccc4c(c3)C(C)(C)C(C)(C)C4(C)C)nc2)n1. The van der Waals surface area contributed by atoms with Gasteiger partial charge in [-0.1, -0.05) is 53.7 Å². The highest BCUT2D eigenvalue weighted by atomic mass is 16.5. The Hall–Kier alpha value is -2.82. The zero-order valence-electron chi connectivity index (χ0n) is 19.2. The number of nitrogens with zero attached hydrogens (tertiary/aromatic N) is 4. The fraction of sp³-hybridized carbons (Fsp3) is 0.440. The van der Waals surface area contributed by atoms with Crippen molar-refractivity contribution in [3.05, 3.63) is 53.5 Å². The number of aryl methyl sites for hydroxylation is 1. The molecule has 0 saturated heterocycles. The lowest BCUT2D eigenvalue weighted by Crippen LogP contribution is -2.42. The second-order valence-electron chi connectivity index (χ2n) is 9.76. The van der Waals surface area contributed by atoms with E-state index in [0.717, 1.165) is 16.8 Å². The van der Waals surface area contributed by atoms with Gasteiger partial charge in [0.15, 0.2) is 5.82 Å². The monoisotopic (exact) mass is 402 g/mol. The van der Waals surface area contributed by atoms with Crippen molar-refractivity contribution in [2.45, 2.75) is 59.3 Å². The van der Waals surface area contributed by atoms with Gasteiger partial charge in [-0.25, -0.2) is 4.98 Å². The van der Waals surface area contributed by atoms with Crippen molar-refractivity contribution in [1.29, 1.82) is 0 Å². The number of methoxy groups -OCH3 is 1. The second kappa shape index (κ2) is 6.59. The fourth-order valence-electron chi connectivity index (χ4n) is 4.59. The average molecular weight is 403 g/mol. The summed E-state index contributed by atoms with van der Waals surface area (Å²) in [6.07, 6.45) is 1.82. The third-order valence-electron chi connectivity index (χ3n) is 7.72. The molecule has 0 aliphatic heterocycles. The number of hydrogen-bond acceptors (Lipinski definition) is 5. The quantitative estimate of drug-likeness (QED) is 0.578. The number of hydrogen-bond donors (Lipinski definition) is 0. The van der Waals surface area contributed by atoms with E-state index in [4.69, 9.17) is 9.72 Å². The molecule has 30 heavy (non-hydrogen) atoms. The average Bonchev–Trinajstić information content (AvgIpc) is 2.82. The Morgan fingerprint density at radius 2 is 1.43 bits per heavy atom. The van der Waals surface area contributed by atoms with Gasteiger partial charge in [0.2, 0.25) is 0 Å². The molecule has 2 aromatic heterocycles. The van der Waals surface area contributed by atoms with Crippen LogP contribution >= 0.6 is 0 Å². The van der Waals surface area contributed by atoms with E-state index in [1.54, 1.807) is 7.11 Å². The lowest BCUT2D eigenvalue weighted by molar-refractivity contribution is 0.125. The molecule has 0 fully saturated rings. The van der Waals surface area contributed by atoms with Gasteiger partial charge in [-0.05, 0) is 52.5 Å². The predicted molar refractivity (Wildman–Crippen MR) is 120 cm³/mol. The summed E-state index contributed by atoms with van der Waals surface area (Å²) >= 11 is 0. The van der Waals surface area contributed by atoms with Gasteiger partial charge in [0.1, 0.15) is 5.82 Å². The third-order valence-corrected chi connectivity index (χ3v) is 7.72. The first-order valence-corrected chi connectivity index (χ1v) is 10.4. The second-order valence-corrected chi connectivity index (χ2v) is 9.76. The first-order chi connectivity index (χ1) is 14.0. The van der Waals surface area contributed by atoms with E-state index in [0.29, 0.717) is 17.7 Å². The Labute approximate surface area is 179 Å². The largest absolute Gasteiger partial charge is 0.467 e. The highest BCUT2D eigenvalue weighted by Gasteiger charge is 2.56. The molecule has 1 aliphatic carbocycles. The van der Waals surface area contributed by atoms with Crippen molar-refractivity contribution in [3.8, 4) is 28.7 Å². The van der Waals surface area contributed by atoms with E-state index < -0.39 is 0 Å². The van der Waals surface area contributed by atoms with Gasteiger partial charge in [0.25, 0.3) is 0 Å². The van der Waals surface area contributed by atoms with Crippen molar-refractivity contribution >= 4 is 0 Å². The van der Waals surface area contributed by atoms with Gasteiger partial charge in [0.05, 0.1) is 12.8 Å². The third kappa shape index (κ3) is 2.83. The lowest BCUT2D eigenvalue weighted by atomic mass is 9.59.